The summed E-state index contributed by atoms with van der Waals surface area (Å²) in [5.74, 6) is 0.417. The average Bonchev–Trinajstić information content (AvgIpc) is 3.21. The second kappa shape index (κ2) is 5.56. The zero-order chi connectivity index (χ0) is 15.0. The molecule has 2 heterocycles. The number of carbonyl (C=O) groups excluding carboxylic acids is 1. The van der Waals surface area contributed by atoms with Gasteiger partial charge in [0, 0.05) is 11.1 Å². The van der Waals surface area contributed by atoms with Crippen molar-refractivity contribution < 1.29 is 4.79 Å². The minimum atomic E-state index is -0.0861. The fraction of sp³-hybridized carbons (Fsp3) is 0.438. The van der Waals surface area contributed by atoms with Crippen molar-refractivity contribution in [1.82, 2.24) is 15.3 Å². The number of carbonyl (C=O) groups is 1. The molecule has 0 aromatic carbocycles. The number of rotatable bonds is 4. The number of hydrogen-bond donors (Lipinski definition) is 1. The molecule has 0 bridgehead atoms. The summed E-state index contributed by atoms with van der Waals surface area (Å²) in [6.45, 7) is 5.91. The maximum atomic E-state index is 12.5. The number of nitrogens with one attached hydrogen (secondary N) is 1. The summed E-state index contributed by atoms with van der Waals surface area (Å²) < 4.78 is 0. The summed E-state index contributed by atoms with van der Waals surface area (Å²) in [7, 11) is 0. The molecule has 1 aliphatic carbocycles. The van der Waals surface area contributed by atoms with E-state index in [-0.39, 0.29) is 11.9 Å². The second-order valence-corrected chi connectivity index (χ2v) is 7.09. The molecule has 5 heteroatoms. The van der Waals surface area contributed by atoms with Crippen molar-refractivity contribution in [3.05, 3.63) is 45.2 Å². The first-order valence-corrected chi connectivity index (χ1v) is 8.03. The predicted molar refractivity (Wildman–Crippen MR) is 83.5 cm³/mol. The van der Waals surface area contributed by atoms with E-state index in [2.05, 4.69) is 21.4 Å². The number of aromatic nitrogens is 2. The van der Waals surface area contributed by atoms with Crippen LogP contribution in [0.4, 0.5) is 0 Å². The standard InChI is InChI=1S/C16H19N3OS/c1-9-6-7-17-13(8-9)15(12-4-5-12)19-16(20)14-10(2)21-11(3)18-14/h6-8,12,15H,4-5H2,1-3H3,(H,19,20)/t15-/m0/s1. The molecule has 1 fully saturated rings. The highest BCUT2D eigenvalue weighted by Gasteiger charge is 2.35. The van der Waals surface area contributed by atoms with Crippen molar-refractivity contribution in [2.75, 3.05) is 0 Å². The Morgan fingerprint density at radius 1 is 1.38 bits per heavy atom. The van der Waals surface area contributed by atoms with E-state index in [1.165, 1.54) is 5.56 Å². The topological polar surface area (TPSA) is 54.9 Å². The number of hydrogen-bond acceptors (Lipinski definition) is 4. The SMILES string of the molecule is Cc1ccnc([C@@H](NC(=O)c2nc(C)sc2C)C2CC2)c1. The van der Waals surface area contributed by atoms with Crippen LogP contribution >= 0.6 is 11.3 Å². The van der Waals surface area contributed by atoms with Crippen LogP contribution in [0, 0.1) is 26.7 Å². The van der Waals surface area contributed by atoms with Gasteiger partial charge in [0.1, 0.15) is 5.69 Å². The van der Waals surface area contributed by atoms with Crippen LogP contribution in [0.1, 0.15) is 50.5 Å². The molecule has 0 saturated heterocycles. The van der Waals surface area contributed by atoms with E-state index in [9.17, 15) is 4.79 Å². The third-order valence-electron chi connectivity index (χ3n) is 3.75. The number of amides is 1. The highest BCUT2D eigenvalue weighted by Crippen LogP contribution is 2.40. The van der Waals surface area contributed by atoms with E-state index in [0.29, 0.717) is 11.6 Å². The fourth-order valence-corrected chi connectivity index (χ4v) is 3.36. The van der Waals surface area contributed by atoms with E-state index < -0.39 is 0 Å². The van der Waals surface area contributed by atoms with Crippen molar-refractivity contribution in [2.24, 2.45) is 5.92 Å². The Labute approximate surface area is 128 Å². The van der Waals surface area contributed by atoms with Gasteiger partial charge in [0.2, 0.25) is 0 Å². The molecule has 4 nitrogen and oxygen atoms in total. The first kappa shape index (κ1) is 14.2. The fourth-order valence-electron chi connectivity index (χ4n) is 2.54. The van der Waals surface area contributed by atoms with E-state index in [1.54, 1.807) is 11.3 Å². The van der Waals surface area contributed by atoms with Gasteiger partial charge in [0.15, 0.2) is 0 Å². The van der Waals surface area contributed by atoms with Crippen molar-refractivity contribution in [1.29, 1.82) is 0 Å². The van der Waals surface area contributed by atoms with Gasteiger partial charge in [-0.2, -0.15) is 0 Å². The highest BCUT2D eigenvalue weighted by molar-refractivity contribution is 7.11. The van der Waals surface area contributed by atoms with Gasteiger partial charge in [-0.15, -0.1) is 11.3 Å². The largest absolute Gasteiger partial charge is 0.342 e. The quantitative estimate of drug-likeness (QED) is 0.942. The maximum absolute atomic E-state index is 12.5. The normalized spacial score (nSPS) is 15.8. The van der Waals surface area contributed by atoms with Gasteiger partial charge in [-0.25, -0.2) is 4.98 Å². The molecular weight excluding hydrogens is 282 g/mol. The lowest BCUT2D eigenvalue weighted by Crippen LogP contribution is -2.31. The van der Waals surface area contributed by atoms with Gasteiger partial charge in [0.05, 0.1) is 16.7 Å². The molecule has 1 atom stereocenters. The number of pyridine rings is 1. The van der Waals surface area contributed by atoms with Crippen molar-refractivity contribution in [2.45, 2.75) is 39.7 Å². The molecular formula is C16H19N3OS. The summed E-state index contributed by atoms with van der Waals surface area (Å²) in [5, 5.41) is 4.06. The van der Waals surface area contributed by atoms with E-state index in [1.807, 2.05) is 33.0 Å². The molecule has 21 heavy (non-hydrogen) atoms. The maximum Gasteiger partial charge on any atom is 0.271 e. The summed E-state index contributed by atoms with van der Waals surface area (Å²) in [6, 6.07) is 4.03. The Hall–Kier alpha value is -1.75. The minimum absolute atomic E-state index is 0.00111. The lowest BCUT2D eigenvalue weighted by molar-refractivity contribution is 0.0925. The minimum Gasteiger partial charge on any atom is -0.342 e. The molecule has 2 aromatic heterocycles. The van der Waals surface area contributed by atoms with Gasteiger partial charge < -0.3 is 5.32 Å². The van der Waals surface area contributed by atoms with E-state index in [4.69, 9.17) is 0 Å². The summed E-state index contributed by atoms with van der Waals surface area (Å²) in [5.41, 5.74) is 2.67. The molecule has 1 saturated carbocycles. The van der Waals surface area contributed by atoms with Crippen LogP contribution in [-0.2, 0) is 0 Å². The summed E-state index contributed by atoms with van der Waals surface area (Å²) in [4.78, 5) is 22.2. The molecule has 3 rings (SSSR count). The predicted octanol–water partition coefficient (Wildman–Crippen LogP) is 3.34. The van der Waals surface area contributed by atoms with Gasteiger partial charge in [-0.05, 0) is 57.2 Å². The number of aryl methyl sites for hydroxylation is 3. The number of thiazole rings is 1. The molecule has 2 aromatic rings. The molecule has 110 valence electrons. The van der Waals surface area contributed by atoms with Crippen LogP contribution in [0.3, 0.4) is 0 Å². The second-order valence-electron chi connectivity index (χ2n) is 5.68. The monoisotopic (exact) mass is 301 g/mol. The van der Waals surface area contributed by atoms with Crippen LogP contribution in [0.25, 0.3) is 0 Å². The third kappa shape index (κ3) is 3.13. The zero-order valence-electron chi connectivity index (χ0n) is 12.5. The Morgan fingerprint density at radius 2 is 2.14 bits per heavy atom. The van der Waals surface area contributed by atoms with Gasteiger partial charge in [0.25, 0.3) is 5.91 Å². The zero-order valence-corrected chi connectivity index (χ0v) is 13.3. The molecule has 0 radical (unpaired) electrons. The molecule has 0 aliphatic heterocycles. The van der Waals surface area contributed by atoms with Crippen LogP contribution in [0.15, 0.2) is 18.3 Å². The lowest BCUT2D eigenvalue weighted by atomic mass is 10.1. The molecule has 0 unspecified atom stereocenters. The Bertz CT molecular complexity index is 676. The smallest absolute Gasteiger partial charge is 0.271 e. The van der Waals surface area contributed by atoms with Gasteiger partial charge in [-0.3, -0.25) is 9.78 Å². The Morgan fingerprint density at radius 3 is 2.71 bits per heavy atom. The van der Waals surface area contributed by atoms with E-state index in [0.717, 1.165) is 28.4 Å². The van der Waals surface area contributed by atoms with E-state index >= 15 is 0 Å². The first-order chi connectivity index (χ1) is 10.0. The summed E-state index contributed by atoms with van der Waals surface area (Å²) >= 11 is 1.56. The van der Waals surface area contributed by atoms with Crippen LogP contribution in [0.5, 0.6) is 0 Å². The molecule has 1 amide bonds. The van der Waals surface area contributed by atoms with Crippen LogP contribution < -0.4 is 5.32 Å². The Kier molecular flexibility index (Phi) is 3.76. The average molecular weight is 301 g/mol. The lowest BCUT2D eigenvalue weighted by Gasteiger charge is -2.17. The van der Waals surface area contributed by atoms with Crippen LogP contribution in [0.2, 0.25) is 0 Å². The molecule has 1 N–H and O–H groups in total. The highest BCUT2D eigenvalue weighted by atomic mass is 32.1. The third-order valence-corrected chi connectivity index (χ3v) is 4.64. The van der Waals surface area contributed by atoms with Crippen LogP contribution in [-0.4, -0.2) is 15.9 Å². The molecule has 1 aliphatic rings. The first-order valence-electron chi connectivity index (χ1n) is 7.22. The van der Waals surface area contributed by atoms with Crippen molar-refractivity contribution in [3.8, 4) is 0 Å². The molecule has 0 spiro atoms. The van der Waals surface area contributed by atoms with Crippen molar-refractivity contribution in [3.63, 3.8) is 0 Å². The Balaban J connectivity index is 1.83. The van der Waals surface area contributed by atoms with Gasteiger partial charge >= 0.3 is 0 Å². The van der Waals surface area contributed by atoms with Gasteiger partial charge in [-0.1, -0.05) is 0 Å². The number of nitrogens with zero attached hydrogens (tertiary/aromatic N) is 2. The van der Waals surface area contributed by atoms with Crippen molar-refractivity contribution >= 4 is 17.2 Å². The summed E-state index contributed by atoms with van der Waals surface area (Å²) in [6.07, 6.45) is 4.11.